The molecule has 2 aromatic heterocycles. The number of fused-ring (bicyclic) bond motifs is 3. The van der Waals surface area contributed by atoms with Gasteiger partial charge in [-0.15, -0.1) is 11.3 Å². The van der Waals surface area contributed by atoms with Crippen LogP contribution < -0.4 is 10.9 Å². The third-order valence-electron chi connectivity index (χ3n) is 4.48. The lowest BCUT2D eigenvalue weighted by Gasteiger charge is -2.10. The zero-order chi connectivity index (χ0) is 19.2. The number of alkyl halides is 3. The van der Waals surface area contributed by atoms with Crippen LogP contribution in [0.5, 0.6) is 0 Å². The minimum absolute atomic E-state index is 0.0216. The fraction of sp³-hybridized carbons (Fsp3) is 0.278. The Balaban J connectivity index is 1.57. The van der Waals surface area contributed by atoms with Crippen LogP contribution in [0.15, 0.2) is 35.4 Å². The van der Waals surface area contributed by atoms with Gasteiger partial charge in [-0.25, -0.2) is 4.98 Å². The van der Waals surface area contributed by atoms with Crippen molar-refractivity contribution in [3.05, 3.63) is 57.0 Å². The molecule has 1 aliphatic carbocycles. The molecule has 0 fully saturated rings. The number of aryl methyl sites for hydroxylation is 2. The minimum atomic E-state index is -4.49. The summed E-state index contributed by atoms with van der Waals surface area (Å²) in [6.45, 7) is -0.317. The molecular formula is C18H14F3N3O2S. The first kappa shape index (κ1) is 17.7. The second kappa shape index (κ2) is 6.49. The molecule has 0 aliphatic heterocycles. The molecule has 1 aliphatic rings. The number of carbonyl (C=O) groups excluding carboxylic acids is 1. The van der Waals surface area contributed by atoms with E-state index in [1.165, 1.54) is 39.2 Å². The number of nitrogens with one attached hydrogen (secondary N) is 1. The molecule has 2 heterocycles. The summed E-state index contributed by atoms with van der Waals surface area (Å²) in [5.41, 5.74) is -0.110. The molecule has 0 atom stereocenters. The van der Waals surface area contributed by atoms with Crippen LogP contribution in [0.25, 0.3) is 10.2 Å². The Bertz CT molecular complexity index is 1100. The van der Waals surface area contributed by atoms with Gasteiger partial charge in [0.2, 0.25) is 5.91 Å². The molecular weight excluding hydrogens is 379 g/mol. The molecule has 3 aromatic rings. The normalized spacial score (nSPS) is 13.7. The van der Waals surface area contributed by atoms with Gasteiger partial charge >= 0.3 is 6.18 Å². The molecule has 1 amide bonds. The fourth-order valence-corrected chi connectivity index (χ4v) is 4.48. The smallest absolute Gasteiger partial charge is 0.325 e. The van der Waals surface area contributed by atoms with E-state index in [1.54, 1.807) is 0 Å². The highest BCUT2D eigenvalue weighted by atomic mass is 32.1. The Morgan fingerprint density at radius 3 is 2.89 bits per heavy atom. The molecule has 140 valence electrons. The summed E-state index contributed by atoms with van der Waals surface area (Å²) in [6, 6.07) is 4.36. The van der Waals surface area contributed by atoms with E-state index >= 15 is 0 Å². The van der Waals surface area contributed by atoms with E-state index in [0.29, 0.717) is 10.2 Å². The Labute approximate surface area is 155 Å². The maximum atomic E-state index is 12.8. The highest BCUT2D eigenvalue weighted by Crippen LogP contribution is 2.34. The lowest BCUT2D eigenvalue weighted by Crippen LogP contribution is -2.28. The van der Waals surface area contributed by atoms with Crippen molar-refractivity contribution in [2.75, 3.05) is 5.32 Å². The Morgan fingerprint density at radius 2 is 2.11 bits per heavy atom. The lowest BCUT2D eigenvalue weighted by atomic mass is 10.2. The molecule has 4 rings (SSSR count). The number of nitrogens with zero attached hydrogens (tertiary/aromatic N) is 2. The van der Waals surface area contributed by atoms with Crippen LogP contribution in [0.3, 0.4) is 0 Å². The van der Waals surface area contributed by atoms with Gasteiger partial charge in [-0.2, -0.15) is 13.2 Å². The standard InChI is InChI=1S/C18H14F3N3O2S/c19-18(20,21)10-3-1-4-11(7-10)23-14(25)8-24-9-22-16-15(17(24)26)12-5-2-6-13(12)27-16/h1,3-4,7,9H,2,5-6,8H2,(H,23,25). The third kappa shape index (κ3) is 3.34. The first-order valence-corrected chi connectivity index (χ1v) is 9.11. The van der Waals surface area contributed by atoms with Crippen LogP contribution in [0, 0.1) is 0 Å². The van der Waals surface area contributed by atoms with E-state index < -0.39 is 17.6 Å². The summed E-state index contributed by atoms with van der Waals surface area (Å²) in [6.07, 6.45) is -0.423. The molecule has 27 heavy (non-hydrogen) atoms. The predicted octanol–water partition coefficient (Wildman–Crippen LogP) is 3.60. The highest BCUT2D eigenvalue weighted by Gasteiger charge is 2.30. The van der Waals surface area contributed by atoms with Gasteiger partial charge < -0.3 is 5.32 Å². The molecule has 0 unspecified atom stereocenters. The monoisotopic (exact) mass is 393 g/mol. The van der Waals surface area contributed by atoms with Crippen LogP contribution in [0.4, 0.5) is 18.9 Å². The lowest BCUT2D eigenvalue weighted by molar-refractivity contribution is -0.137. The zero-order valence-corrected chi connectivity index (χ0v) is 14.8. The second-order valence-electron chi connectivity index (χ2n) is 6.34. The van der Waals surface area contributed by atoms with Crippen molar-refractivity contribution in [2.24, 2.45) is 0 Å². The van der Waals surface area contributed by atoms with Crippen molar-refractivity contribution < 1.29 is 18.0 Å². The van der Waals surface area contributed by atoms with Crippen molar-refractivity contribution in [3.8, 4) is 0 Å². The summed E-state index contributed by atoms with van der Waals surface area (Å²) in [5, 5.41) is 2.96. The number of rotatable bonds is 3. The number of halogens is 3. The number of hydrogen-bond acceptors (Lipinski definition) is 4. The molecule has 9 heteroatoms. The van der Waals surface area contributed by atoms with Gasteiger partial charge in [0, 0.05) is 10.6 Å². The van der Waals surface area contributed by atoms with Gasteiger partial charge in [0.15, 0.2) is 0 Å². The molecule has 0 bridgehead atoms. The van der Waals surface area contributed by atoms with Crippen molar-refractivity contribution in [3.63, 3.8) is 0 Å². The summed E-state index contributed by atoms with van der Waals surface area (Å²) < 4.78 is 39.5. The first-order chi connectivity index (χ1) is 12.8. The van der Waals surface area contributed by atoms with Crippen molar-refractivity contribution >= 4 is 33.1 Å². The molecule has 1 aromatic carbocycles. The van der Waals surface area contributed by atoms with E-state index in [1.807, 2.05) is 0 Å². The average Bonchev–Trinajstić information content (AvgIpc) is 3.17. The second-order valence-corrected chi connectivity index (χ2v) is 7.43. The van der Waals surface area contributed by atoms with Crippen molar-refractivity contribution in [1.82, 2.24) is 9.55 Å². The maximum Gasteiger partial charge on any atom is 0.416 e. The summed E-state index contributed by atoms with van der Waals surface area (Å²) in [7, 11) is 0. The molecule has 0 saturated heterocycles. The molecule has 0 spiro atoms. The van der Waals surface area contributed by atoms with Crippen LogP contribution in [-0.4, -0.2) is 15.5 Å². The number of thiophene rings is 1. The minimum Gasteiger partial charge on any atom is -0.325 e. The van der Waals surface area contributed by atoms with E-state index in [0.717, 1.165) is 37.0 Å². The average molecular weight is 393 g/mol. The molecule has 1 N–H and O–H groups in total. The summed E-state index contributed by atoms with van der Waals surface area (Å²) in [5.74, 6) is -0.593. The molecule has 5 nitrogen and oxygen atoms in total. The molecule has 0 saturated carbocycles. The number of aromatic nitrogens is 2. The van der Waals surface area contributed by atoms with Gasteiger partial charge in [0.05, 0.1) is 17.3 Å². The number of hydrogen-bond donors (Lipinski definition) is 1. The predicted molar refractivity (Wildman–Crippen MR) is 96.0 cm³/mol. The van der Waals surface area contributed by atoms with Crippen molar-refractivity contribution in [2.45, 2.75) is 32.0 Å². The first-order valence-electron chi connectivity index (χ1n) is 8.30. The largest absolute Gasteiger partial charge is 0.416 e. The van der Waals surface area contributed by atoms with E-state index in [2.05, 4.69) is 10.3 Å². The molecule has 0 radical (unpaired) electrons. The summed E-state index contributed by atoms with van der Waals surface area (Å²) in [4.78, 5) is 31.0. The maximum absolute atomic E-state index is 12.8. The number of anilines is 1. The van der Waals surface area contributed by atoms with Crippen LogP contribution in [0.1, 0.15) is 22.4 Å². The Morgan fingerprint density at radius 1 is 1.30 bits per heavy atom. The Kier molecular flexibility index (Phi) is 4.26. The topological polar surface area (TPSA) is 64.0 Å². The van der Waals surface area contributed by atoms with Crippen LogP contribution >= 0.6 is 11.3 Å². The zero-order valence-electron chi connectivity index (χ0n) is 14.0. The van der Waals surface area contributed by atoms with Crippen molar-refractivity contribution in [1.29, 1.82) is 0 Å². The van der Waals surface area contributed by atoms with Gasteiger partial charge in [-0.05, 0) is 43.0 Å². The van der Waals surface area contributed by atoms with Gasteiger partial charge in [0.1, 0.15) is 11.4 Å². The van der Waals surface area contributed by atoms with E-state index in [-0.39, 0.29) is 17.8 Å². The van der Waals surface area contributed by atoms with E-state index in [4.69, 9.17) is 0 Å². The summed E-state index contributed by atoms with van der Waals surface area (Å²) >= 11 is 1.50. The SMILES string of the molecule is O=C(Cn1cnc2sc3c(c2c1=O)CCC3)Nc1cccc(C(F)(F)F)c1. The van der Waals surface area contributed by atoms with Crippen LogP contribution in [-0.2, 0) is 30.4 Å². The van der Waals surface area contributed by atoms with E-state index in [9.17, 15) is 22.8 Å². The highest BCUT2D eigenvalue weighted by molar-refractivity contribution is 7.18. The number of carbonyl (C=O) groups is 1. The number of benzene rings is 1. The fourth-order valence-electron chi connectivity index (χ4n) is 3.26. The van der Waals surface area contributed by atoms with Gasteiger partial charge in [-0.3, -0.25) is 14.2 Å². The number of amides is 1. The van der Waals surface area contributed by atoms with Gasteiger partial charge in [0.25, 0.3) is 5.56 Å². The Hall–Kier alpha value is -2.68. The van der Waals surface area contributed by atoms with Crippen LogP contribution in [0.2, 0.25) is 0 Å². The quantitative estimate of drug-likeness (QED) is 0.740. The third-order valence-corrected chi connectivity index (χ3v) is 5.68. The van der Waals surface area contributed by atoms with Gasteiger partial charge in [-0.1, -0.05) is 6.07 Å².